The van der Waals surface area contributed by atoms with Crippen LogP contribution < -0.4 is 10.2 Å². The molecule has 3 N–H and O–H groups in total. The SMILES string of the molecule is CN1CCN(c2nc(Nc3cc(-c4ccccc4)[nH]n3)nc(Sc3ccc(O)cc3)n2)CC1. The van der Waals surface area contributed by atoms with E-state index in [4.69, 9.17) is 4.98 Å². The second-order valence-corrected chi connectivity index (χ2v) is 8.83. The number of nitrogens with zero attached hydrogens (tertiary/aromatic N) is 6. The lowest BCUT2D eigenvalue weighted by Crippen LogP contribution is -2.45. The summed E-state index contributed by atoms with van der Waals surface area (Å²) in [5, 5.41) is 20.8. The van der Waals surface area contributed by atoms with Crippen molar-refractivity contribution >= 4 is 29.5 Å². The van der Waals surface area contributed by atoms with Crippen LogP contribution in [0.4, 0.5) is 17.7 Å². The maximum absolute atomic E-state index is 9.57. The average Bonchev–Trinajstić information content (AvgIpc) is 3.30. The zero-order chi connectivity index (χ0) is 22.6. The summed E-state index contributed by atoms with van der Waals surface area (Å²) in [6, 6.07) is 18.9. The molecule has 0 amide bonds. The molecule has 1 fully saturated rings. The number of aromatic nitrogens is 5. The number of benzene rings is 2. The van der Waals surface area contributed by atoms with Crippen molar-refractivity contribution in [2.45, 2.75) is 10.1 Å². The van der Waals surface area contributed by atoms with Crippen LogP contribution in [-0.2, 0) is 0 Å². The Morgan fingerprint density at radius 2 is 1.70 bits per heavy atom. The van der Waals surface area contributed by atoms with Gasteiger partial charge in [-0.25, -0.2) is 0 Å². The number of rotatable bonds is 6. The third kappa shape index (κ3) is 5.24. The lowest BCUT2D eigenvalue weighted by atomic mass is 10.2. The van der Waals surface area contributed by atoms with Crippen LogP contribution in [0.1, 0.15) is 0 Å². The van der Waals surface area contributed by atoms with E-state index < -0.39 is 0 Å². The van der Waals surface area contributed by atoms with Crippen LogP contribution in [-0.4, -0.2) is 68.4 Å². The summed E-state index contributed by atoms with van der Waals surface area (Å²) in [5.41, 5.74) is 1.96. The molecule has 1 aliphatic rings. The fraction of sp³-hybridized carbons (Fsp3) is 0.217. The second kappa shape index (κ2) is 9.47. The minimum Gasteiger partial charge on any atom is -0.508 e. The minimum absolute atomic E-state index is 0.225. The molecule has 2 aromatic carbocycles. The molecule has 3 heterocycles. The van der Waals surface area contributed by atoms with Gasteiger partial charge in [-0.3, -0.25) is 5.10 Å². The number of hydrogen-bond donors (Lipinski definition) is 3. The number of H-pyrrole nitrogens is 1. The van der Waals surface area contributed by atoms with Gasteiger partial charge in [0, 0.05) is 37.1 Å². The van der Waals surface area contributed by atoms with Gasteiger partial charge in [0.05, 0.1) is 5.69 Å². The van der Waals surface area contributed by atoms with E-state index in [9.17, 15) is 5.11 Å². The van der Waals surface area contributed by atoms with Crippen LogP contribution in [0.5, 0.6) is 5.75 Å². The first-order valence-corrected chi connectivity index (χ1v) is 11.5. The first kappa shape index (κ1) is 21.2. The van der Waals surface area contributed by atoms with E-state index in [0.717, 1.165) is 42.3 Å². The van der Waals surface area contributed by atoms with Crippen molar-refractivity contribution in [3.05, 3.63) is 60.7 Å². The van der Waals surface area contributed by atoms with Crippen molar-refractivity contribution in [2.75, 3.05) is 43.4 Å². The number of aromatic amines is 1. The van der Waals surface area contributed by atoms with Crippen molar-refractivity contribution in [3.8, 4) is 17.0 Å². The summed E-state index contributed by atoms with van der Waals surface area (Å²) in [4.78, 5) is 19.4. The molecule has 0 unspecified atom stereocenters. The molecule has 10 heteroatoms. The zero-order valence-corrected chi connectivity index (χ0v) is 19.0. The molecule has 2 aromatic heterocycles. The van der Waals surface area contributed by atoms with Gasteiger partial charge in [-0.1, -0.05) is 30.3 Å². The maximum atomic E-state index is 9.57. The molecule has 5 rings (SSSR count). The summed E-state index contributed by atoms with van der Waals surface area (Å²) >= 11 is 1.42. The standard InChI is InChI=1S/C23H24N8OS/c1-30-11-13-31(14-12-30)22-25-21(26-23(27-22)33-18-9-7-17(32)8-10-18)24-20-15-19(28-29-20)16-5-3-2-4-6-16/h2-10,15,32H,11-14H2,1H3,(H2,24,25,26,27,28,29). The third-order valence-electron chi connectivity index (χ3n) is 5.34. The zero-order valence-electron chi connectivity index (χ0n) is 18.1. The first-order chi connectivity index (χ1) is 16.1. The molecular weight excluding hydrogens is 436 g/mol. The van der Waals surface area contributed by atoms with Crippen LogP contribution >= 0.6 is 11.8 Å². The Morgan fingerprint density at radius 3 is 2.45 bits per heavy atom. The quantitative estimate of drug-likeness (QED) is 0.398. The molecule has 4 aromatic rings. The molecule has 168 valence electrons. The van der Waals surface area contributed by atoms with Gasteiger partial charge in [-0.15, -0.1) is 0 Å². The van der Waals surface area contributed by atoms with E-state index in [1.165, 1.54) is 11.8 Å². The van der Waals surface area contributed by atoms with Gasteiger partial charge in [-0.2, -0.15) is 20.1 Å². The van der Waals surface area contributed by atoms with Crippen LogP contribution in [0.25, 0.3) is 11.3 Å². The highest BCUT2D eigenvalue weighted by Crippen LogP contribution is 2.29. The van der Waals surface area contributed by atoms with Crippen LogP contribution in [0.3, 0.4) is 0 Å². The number of aromatic hydroxyl groups is 1. The smallest absolute Gasteiger partial charge is 0.234 e. The molecule has 0 saturated carbocycles. The minimum atomic E-state index is 0.225. The Balaban J connectivity index is 1.42. The maximum Gasteiger partial charge on any atom is 0.234 e. The van der Waals surface area contributed by atoms with Gasteiger partial charge < -0.3 is 20.2 Å². The number of phenolic OH excluding ortho intramolecular Hbond substituents is 1. The average molecular weight is 461 g/mol. The fourth-order valence-corrected chi connectivity index (χ4v) is 4.22. The Morgan fingerprint density at radius 1 is 0.939 bits per heavy atom. The van der Waals surface area contributed by atoms with Crippen LogP contribution in [0.2, 0.25) is 0 Å². The van der Waals surface area contributed by atoms with Gasteiger partial charge in [-0.05, 0) is 48.6 Å². The van der Waals surface area contributed by atoms with Gasteiger partial charge in [0.1, 0.15) is 5.75 Å². The highest BCUT2D eigenvalue weighted by molar-refractivity contribution is 7.99. The predicted octanol–water partition coefficient (Wildman–Crippen LogP) is 3.61. The van der Waals surface area contributed by atoms with Gasteiger partial charge in [0.15, 0.2) is 11.0 Å². The number of piperazine rings is 1. The Bertz CT molecular complexity index is 1210. The normalized spacial score (nSPS) is 14.4. The van der Waals surface area contributed by atoms with Crippen molar-refractivity contribution in [3.63, 3.8) is 0 Å². The van der Waals surface area contributed by atoms with Gasteiger partial charge >= 0.3 is 0 Å². The van der Waals surface area contributed by atoms with E-state index in [1.54, 1.807) is 12.1 Å². The van der Waals surface area contributed by atoms with Crippen molar-refractivity contribution in [1.82, 2.24) is 30.0 Å². The topological polar surface area (TPSA) is 106 Å². The van der Waals surface area contributed by atoms with E-state index in [-0.39, 0.29) is 5.75 Å². The van der Waals surface area contributed by atoms with Crippen LogP contribution in [0, 0.1) is 0 Å². The van der Waals surface area contributed by atoms with E-state index >= 15 is 0 Å². The van der Waals surface area contributed by atoms with E-state index in [0.29, 0.717) is 22.9 Å². The Hall–Kier alpha value is -3.63. The van der Waals surface area contributed by atoms with Gasteiger partial charge in [0.25, 0.3) is 0 Å². The van der Waals surface area contributed by atoms with Gasteiger partial charge in [0.2, 0.25) is 11.9 Å². The van der Waals surface area contributed by atoms with E-state index in [2.05, 4.69) is 42.3 Å². The summed E-state index contributed by atoms with van der Waals surface area (Å²) in [5.74, 6) is 1.93. The largest absolute Gasteiger partial charge is 0.508 e. The summed E-state index contributed by atoms with van der Waals surface area (Å²) < 4.78 is 0. The van der Waals surface area contributed by atoms with Crippen molar-refractivity contribution in [1.29, 1.82) is 0 Å². The number of hydrogen-bond acceptors (Lipinski definition) is 9. The number of anilines is 3. The lowest BCUT2D eigenvalue weighted by molar-refractivity contribution is 0.311. The first-order valence-electron chi connectivity index (χ1n) is 10.7. The molecule has 0 atom stereocenters. The van der Waals surface area contributed by atoms with Crippen molar-refractivity contribution < 1.29 is 5.11 Å². The summed E-state index contributed by atoms with van der Waals surface area (Å²) in [6.45, 7) is 3.61. The summed E-state index contributed by atoms with van der Waals surface area (Å²) in [7, 11) is 2.12. The molecule has 1 aliphatic heterocycles. The van der Waals surface area contributed by atoms with Crippen LogP contribution in [0.15, 0.2) is 70.7 Å². The third-order valence-corrected chi connectivity index (χ3v) is 6.21. The molecule has 1 saturated heterocycles. The number of likely N-dealkylation sites (N-methyl/N-ethyl adjacent to an activating group) is 1. The number of nitrogens with one attached hydrogen (secondary N) is 2. The molecule has 0 spiro atoms. The molecule has 0 bridgehead atoms. The molecular formula is C23H24N8OS. The lowest BCUT2D eigenvalue weighted by Gasteiger charge is -2.32. The summed E-state index contributed by atoms with van der Waals surface area (Å²) in [6.07, 6.45) is 0. The number of phenols is 1. The fourth-order valence-electron chi connectivity index (χ4n) is 3.48. The monoisotopic (exact) mass is 460 g/mol. The molecule has 0 radical (unpaired) electrons. The highest BCUT2D eigenvalue weighted by atomic mass is 32.2. The Labute approximate surface area is 195 Å². The van der Waals surface area contributed by atoms with Crippen molar-refractivity contribution in [2.24, 2.45) is 0 Å². The highest BCUT2D eigenvalue weighted by Gasteiger charge is 2.19. The Kier molecular flexibility index (Phi) is 6.09. The van der Waals surface area contributed by atoms with E-state index in [1.807, 2.05) is 48.5 Å². The molecule has 0 aliphatic carbocycles. The molecule has 33 heavy (non-hydrogen) atoms. The second-order valence-electron chi connectivity index (χ2n) is 7.79. The predicted molar refractivity (Wildman–Crippen MR) is 129 cm³/mol. The molecule has 9 nitrogen and oxygen atoms in total.